The molecular formula is C19H18ClN7. The average molecular weight is 380 g/mol. The van der Waals surface area contributed by atoms with Crippen LogP contribution < -0.4 is 10.6 Å². The second kappa shape index (κ2) is 6.59. The van der Waals surface area contributed by atoms with E-state index in [4.69, 9.17) is 11.6 Å². The minimum absolute atomic E-state index is 0.527. The molecule has 0 unspecified atom stereocenters. The Labute approximate surface area is 160 Å². The van der Waals surface area contributed by atoms with Gasteiger partial charge >= 0.3 is 0 Å². The van der Waals surface area contributed by atoms with Crippen molar-refractivity contribution in [3.05, 3.63) is 64.9 Å². The van der Waals surface area contributed by atoms with Crippen molar-refractivity contribution in [1.29, 1.82) is 0 Å². The second-order valence-corrected chi connectivity index (χ2v) is 7.15. The molecule has 8 heteroatoms. The molecule has 0 radical (unpaired) electrons. The van der Waals surface area contributed by atoms with E-state index in [-0.39, 0.29) is 0 Å². The number of fused-ring (bicyclic) bond motifs is 1. The number of anilines is 3. The highest BCUT2D eigenvalue weighted by molar-refractivity contribution is 6.30. The van der Waals surface area contributed by atoms with Gasteiger partial charge in [-0.1, -0.05) is 23.7 Å². The number of nitrogens with one attached hydrogen (secondary N) is 3. The lowest BCUT2D eigenvalue weighted by Gasteiger charge is -2.10. The molecule has 0 aliphatic heterocycles. The van der Waals surface area contributed by atoms with Crippen LogP contribution in [-0.2, 0) is 6.54 Å². The van der Waals surface area contributed by atoms with Crippen LogP contribution in [0, 0.1) is 0 Å². The number of aromatic amines is 1. The average Bonchev–Trinajstić information content (AvgIpc) is 3.22. The molecule has 27 heavy (non-hydrogen) atoms. The smallest absolute Gasteiger partial charge is 0.243 e. The summed E-state index contributed by atoms with van der Waals surface area (Å²) >= 11 is 6.05. The van der Waals surface area contributed by atoms with Crippen LogP contribution >= 0.6 is 11.6 Å². The number of H-pyrrole nitrogens is 1. The Morgan fingerprint density at radius 3 is 2.96 bits per heavy atom. The highest BCUT2D eigenvalue weighted by Crippen LogP contribution is 2.39. The van der Waals surface area contributed by atoms with Gasteiger partial charge in [-0.05, 0) is 42.7 Å². The van der Waals surface area contributed by atoms with Crippen LogP contribution in [0.15, 0.2) is 48.7 Å². The predicted octanol–water partition coefficient (Wildman–Crippen LogP) is 4.34. The van der Waals surface area contributed by atoms with Crippen LogP contribution in [0.4, 0.5) is 17.6 Å². The molecule has 3 heterocycles. The summed E-state index contributed by atoms with van der Waals surface area (Å²) in [6, 6.07) is 13.7. The van der Waals surface area contributed by atoms with E-state index in [1.54, 1.807) is 4.52 Å². The molecule has 0 spiro atoms. The quantitative estimate of drug-likeness (QED) is 0.464. The summed E-state index contributed by atoms with van der Waals surface area (Å²) in [5, 5.41) is 19.3. The van der Waals surface area contributed by atoms with Crippen molar-refractivity contribution in [2.45, 2.75) is 25.3 Å². The summed E-state index contributed by atoms with van der Waals surface area (Å²) in [6.07, 6.45) is 4.36. The van der Waals surface area contributed by atoms with Crippen LogP contribution in [0.2, 0.25) is 5.02 Å². The molecule has 1 aliphatic carbocycles. The predicted molar refractivity (Wildman–Crippen MR) is 106 cm³/mol. The van der Waals surface area contributed by atoms with E-state index in [0.717, 1.165) is 16.9 Å². The molecule has 1 aliphatic rings. The molecule has 7 nitrogen and oxygen atoms in total. The van der Waals surface area contributed by atoms with Crippen molar-refractivity contribution in [2.75, 3.05) is 10.6 Å². The maximum Gasteiger partial charge on any atom is 0.243 e. The fourth-order valence-electron chi connectivity index (χ4n) is 3.05. The van der Waals surface area contributed by atoms with Crippen molar-refractivity contribution < 1.29 is 0 Å². The maximum atomic E-state index is 6.05. The number of halogens is 1. The minimum Gasteiger partial charge on any atom is -0.349 e. The summed E-state index contributed by atoms with van der Waals surface area (Å²) < 4.78 is 1.80. The van der Waals surface area contributed by atoms with E-state index in [1.165, 1.54) is 18.5 Å². The van der Waals surface area contributed by atoms with Gasteiger partial charge in [0.2, 0.25) is 5.95 Å². The van der Waals surface area contributed by atoms with Crippen molar-refractivity contribution in [2.24, 2.45) is 0 Å². The molecule has 1 saturated carbocycles. The van der Waals surface area contributed by atoms with Gasteiger partial charge in [-0.15, -0.1) is 5.10 Å². The first kappa shape index (κ1) is 16.1. The molecule has 1 aromatic carbocycles. The lowest BCUT2D eigenvalue weighted by atomic mass is 10.2. The van der Waals surface area contributed by atoms with Gasteiger partial charge in [-0.2, -0.15) is 10.1 Å². The lowest BCUT2D eigenvalue weighted by molar-refractivity contribution is 0.895. The van der Waals surface area contributed by atoms with E-state index in [0.29, 0.717) is 29.3 Å². The molecule has 3 N–H and O–H groups in total. The molecule has 5 rings (SSSR count). The Balaban J connectivity index is 1.40. The molecule has 3 aromatic heterocycles. The van der Waals surface area contributed by atoms with Gasteiger partial charge in [0.1, 0.15) is 5.52 Å². The van der Waals surface area contributed by atoms with Crippen molar-refractivity contribution >= 4 is 34.7 Å². The first-order valence-electron chi connectivity index (χ1n) is 8.91. The van der Waals surface area contributed by atoms with Crippen LogP contribution in [-0.4, -0.2) is 24.8 Å². The summed E-state index contributed by atoms with van der Waals surface area (Å²) in [5.41, 5.74) is 3.13. The number of rotatable bonds is 6. The zero-order valence-corrected chi connectivity index (χ0v) is 15.2. The van der Waals surface area contributed by atoms with Crippen LogP contribution in [0.25, 0.3) is 5.52 Å². The molecule has 0 atom stereocenters. The fraction of sp³-hybridized carbons (Fsp3) is 0.211. The molecule has 4 aromatic rings. The van der Waals surface area contributed by atoms with Crippen LogP contribution in [0.5, 0.6) is 0 Å². The van der Waals surface area contributed by atoms with Gasteiger partial charge in [0.25, 0.3) is 0 Å². The highest BCUT2D eigenvalue weighted by Gasteiger charge is 2.25. The Kier molecular flexibility index (Phi) is 3.94. The summed E-state index contributed by atoms with van der Waals surface area (Å²) in [7, 11) is 0. The Bertz CT molecular complexity index is 1100. The standard InChI is InChI=1S/C19H18ClN7/c20-14-4-1-3-12(9-14)11-21-19-23-18(16-5-2-8-27(16)26-19)22-17-10-15(24-25-17)13-6-7-13/h1-5,8-10,13H,6-7,11H2,(H3,21,22,23,24,25,26). The number of benzene rings is 1. The van der Waals surface area contributed by atoms with E-state index >= 15 is 0 Å². The fourth-order valence-corrected chi connectivity index (χ4v) is 3.27. The maximum absolute atomic E-state index is 6.05. The van der Waals surface area contributed by atoms with E-state index in [1.807, 2.05) is 42.6 Å². The Morgan fingerprint density at radius 1 is 1.19 bits per heavy atom. The van der Waals surface area contributed by atoms with Gasteiger partial charge in [-0.25, -0.2) is 4.52 Å². The van der Waals surface area contributed by atoms with E-state index < -0.39 is 0 Å². The van der Waals surface area contributed by atoms with Gasteiger partial charge in [-0.3, -0.25) is 5.10 Å². The van der Waals surface area contributed by atoms with Gasteiger partial charge < -0.3 is 10.6 Å². The van der Waals surface area contributed by atoms with Gasteiger partial charge in [0.05, 0.1) is 0 Å². The van der Waals surface area contributed by atoms with Gasteiger partial charge in [0.15, 0.2) is 11.6 Å². The molecule has 1 fully saturated rings. The summed E-state index contributed by atoms with van der Waals surface area (Å²) in [6.45, 7) is 0.584. The zero-order chi connectivity index (χ0) is 18.2. The first-order chi connectivity index (χ1) is 13.2. The summed E-state index contributed by atoms with van der Waals surface area (Å²) in [4.78, 5) is 4.63. The number of nitrogens with zero attached hydrogens (tertiary/aromatic N) is 4. The first-order valence-corrected chi connectivity index (χ1v) is 9.28. The normalized spacial score (nSPS) is 13.8. The van der Waals surface area contributed by atoms with Crippen molar-refractivity contribution in [1.82, 2.24) is 24.8 Å². The molecule has 0 bridgehead atoms. The third-order valence-corrected chi connectivity index (χ3v) is 4.83. The third-order valence-electron chi connectivity index (χ3n) is 4.59. The van der Waals surface area contributed by atoms with E-state index in [9.17, 15) is 0 Å². The number of hydrogen-bond acceptors (Lipinski definition) is 5. The topological polar surface area (TPSA) is 82.9 Å². The van der Waals surface area contributed by atoms with Crippen molar-refractivity contribution in [3.63, 3.8) is 0 Å². The van der Waals surface area contributed by atoms with E-state index in [2.05, 4.69) is 37.0 Å². The van der Waals surface area contributed by atoms with Gasteiger partial charge in [0, 0.05) is 35.4 Å². The van der Waals surface area contributed by atoms with Crippen LogP contribution in [0.3, 0.4) is 0 Å². The molecular weight excluding hydrogens is 362 g/mol. The molecule has 136 valence electrons. The van der Waals surface area contributed by atoms with Crippen LogP contribution in [0.1, 0.15) is 30.0 Å². The lowest BCUT2D eigenvalue weighted by Crippen LogP contribution is -2.08. The third kappa shape index (κ3) is 3.46. The van der Waals surface area contributed by atoms with Crippen molar-refractivity contribution in [3.8, 4) is 0 Å². The monoisotopic (exact) mass is 379 g/mol. The molecule has 0 saturated heterocycles. The number of aromatic nitrogens is 5. The highest BCUT2D eigenvalue weighted by atomic mass is 35.5. The SMILES string of the molecule is Clc1cccc(CNc2nc(Nc3cc(C4CC4)[nH]n3)c3cccn3n2)c1. The summed E-state index contributed by atoms with van der Waals surface area (Å²) in [5.74, 6) is 2.62. The largest absolute Gasteiger partial charge is 0.349 e. The Morgan fingerprint density at radius 2 is 2.11 bits per heavy atom. The second-order valence-electron chi connectivity index (χ2n) is 6.71. The number of hydrogen-bond donors (Lipinski definition) is 3. The minimum atomic E-state index is 0.527. The Hall–Kier alpha value is -3.06. The zero-order valence-electron chi connectivity index (χ0n) is 14.5. The molecule has 0 amide bonds.